The molecule has 4 aliphatic rings. The van der Waals surface area contributed by atoms with Crippen LogP contribution >= 0.6 is 0 Å². The molecule has 4 atom stereocenters. The Morgan fingerprint density at radius 3 is 1.17 bits per heavy atom. The van der Waals surface area contributed by atoms with Gasteiger partial charge < -0.3 is 0 Å². The van der Waals surface area contributed by atoms with Crippen LogP contribution in [0.4, 0.5) is 0 Å². The highest BCUT2D eigenvalue weighted by molar-refractivity contribution is 5.65. The second-order valence-electron chi connectivity index (χ2n) is 6.57. The molecule has 0 aliphatic heterocycles. The zero-order valence-electron chi connectivity index (χ0n) is 11.0. The van der Waals surface area contributed by atoms with Crippen LogP contribution in [0.15, 0.2) is 24.3 Å². The quantitative estimate of drug-likeness (QED) is 0.576. The summed E-state index contributed by atoms with van der Waals surface area (Å²) in [6, 6.07) is 0. The Morgan fingerprint density at radius 1 is 0.611 bits per heavy atom. The van der Waals surface area contributed by atoms with E-state index in [0.29, 0.717) is 0 Å². The fourth-order valence-corrected chi connectivity index (χ4v) is 5.26. The van der Waals surface area contributed by atoms with Crippen molar-refractivity contribution in [2.24, 2.45) is 0 Å². The van der Waals surface area contributed by atoms with Crippen LogP contribution in [0.25, 0.3) is 0 Å². The van der Waals surface area contributed by atoms with Gasteiger partial charge in [0.2, 0.25) is 0 Å². The monoisotopic (exact) mass is 234 g/mol. The molecule has 0 radical (unpaired) electrons. The van der Waals surface area contributed by atoms with Gasteiger partial charge in [0.15, 0.2) is 0 Å². The fraction of sp³-hybridized carbons (Fsp3) is 0.444. The average Bonchev–Trinajstić information content (AvgIpc) is 3.10. The molecule has 0 aromatic heterocycles. The Hall–Kier alpha value is -1.30. The summed E-state index contributed by atoms with van der Waals surface area (Å²) >= 11 is 0. The molecule has 90 valence electrons. The Morgan fingerprint density at radius 2 is 0.889 bits per heavy atom. The molecule has 18 heavy (non-hydrogen) atoms. The normalized spacial score (nSPS) is 36.6. The topological polar surface area (TPSA) is 0 Å². The van der Waals surface area contributed by atoms with Gasteiger partial charge in [0.1, 0.15) is 0 Å². The average molecular weight is 234 g/mol. The molecule has 0 spiro atoms. The van der Waals surface area contributed by atoms with E-state index in [-0.39, 0.29) is 0 Å². The lowest BCUT2D eigenvalue weighted by Crippen LogP contribution is -2.08. The largest absolute Gasteiger partial charge is 0.0803 e. The first-order chi connectivity index (χ1) is 8.75. The van der Waals surface area contributed by atoms with E-state index < -0.39 is 0 Å². The Kier molecular flexibility index (Phi) is 1.50. The van der Waals surface area contributed by atoms with Crippen LogP contribution in [0.2, 0.25) is 0 Å². The lowest BCUT2D eigenvalue weighted by Gasteiger charge is -2.25. The number of hydrogen-bond acceptors (Lipinski definition) is 0. The molecule has 0 N–H and O–H groups in total. The molecular weight excluding hydrogens is 216 g/mol. The first kappa shape index (κ1) is 9.61. The number of allylic oxidation sites excluding steroid dienone is 4. The third-order valence-electron chi connectivity index (χ3n) is 5.85. The molecule has 0 nitrogen and oxygen atoms in total. The summed E-state index contributed by atoms with van der Waals surface area (Å²) in [5.41, 5.74) is 10.1. The van der Waals surface area contributed by atoms with E-state index in [1.54, 1.807) is 33.4 Å². The van der Waals surface area contributed by atoms with Crippen molar-refractivity contribution in [3.05, 3.63) is 57.7 Å². The van der Waals surface area contributed by atoms with Crippen molar-refractivity contribution in [1.82, 2.24) is 0 Å². The minimum Gasteiger partial charge on any atom is -0.0803 e. The second kappa shape index (κ2) is 2.82. The first-order valence-corrected chi connectivity index (χ1v) is 7.29. The van der Waals surface area contributed by atoms with Gasteiger partial charge in [-0.05, 0) is 60.1 Å². The molecule has 0 fully saturated rings. The standard InChI is InChI=1S/C18H18/c1-9-15-11-3-5-13(7-11)17(15)10(2)18-14-6-4-12(8-14)16(9)18/h3-6,11-14H,7-8H2,1-2H3. The summed E-state index contributed by atoms with van der Waals surface area (Å²) in [7, 11) is 0. The van der Waals surface area contributed by atoms with E-state index in [2.05, 4.69) is 38.2 Å². The molecule has 4 bridgehead atoms. The smallest absolute Gasteiger partial charge is 0.00327 e. The van der Waals surface area contributed by atoms with E-state index in [0.717, 1.165) is 23.7 Å². The molecule has 1 aromatic carbocycles. The maximum absolute atomic E-state index is 2.45. The van der Waals surface area contributed by atoms with Gasteiger partial charge in [-0.2, -0.15) is 0 Å². The van der Waals surface area contributed by atoms with Gasteiger partial charge >= 0.3 is 0 Å². The third-order valence-corrected chi connectivity index (χ3v) is 5.85. The Labute approximate surface area is 108 Å². The van der Waals surface area contributed by atoms with Crippen LogP contribution in [0.1, 0.15) is 69.9 Å². The maximum Gasteiger partial charge on any atom is 0.00327 e. The summed E-state index contributed by atoms with van der Waals surface area (Å²) in [6.07, 6.45) is 12.5. The number of rotatable bonds is 0. The van der Waals surface area contributed by atoms with Crippen LogP contribution in [-0.4, -0.2) is 0 Å². The summed E-state index contributed by atoms with van der Waals surface area (Å²) < 4.78 is 0. The maximum atomic E-state index is 2.45. The third kappa shape index (κ3) is 0.858. The minimum absolute atomic E-state index is 0.733. The fourth-order valence-electron chi connectivity index (χ4n) is 5.26. The molecule has 0 saturated heterocycles. The number of fused-ring (bicyclic) bond motifs is 10. The molecular formula is C18H18. The molecule has 0 saturated carbocycles. The summed E-state index contributed by atoms with van der Waals surface area (Å²) in [5.74, 6) is 2.93. The van der Waals surface area contributed by atoms with Gasteiger partial charge in [0.05, 0.1) is 0 Å². The van der Waals surface area contributed by atoms with Crippen molar-refractivity contribution in [2.75, 3.05) is 0 Å². The van der Waals surface area contributed by atoms with Crippen molar-refractivity contribution in [2.45, 2.75) is 50.4 Å². The highest BCUT2D eigenvalue weighted by atomic mass is 14.5. The van der Waals surface area contributed by atoms with Crippen LogP contribution in [-0.2, 0) is 0 Å². The van der Waals surface area contributed by atoms with E-state index in [1.165, 1.54) is 12.8 Å². The van der Waals surface area contributed by atoms with Gasteiger partial charge in [-0.25, -0.2) is 0 Å². The van der Waals surface area contributed by atoms with E-state index in [4.69, 9.17) is 0 Å². The molecule has 1 aromatic rings. The van der Waals surface area contributed by atoms with Gasteiger partial charge in [-0.1, -0.05) is 24.3 Å². The SMILES string of the molecule is Cc1c2c(c(C)c3c1C1C=CC3C1)C1C=CC2C1. The van der Waals surface area contributed by atoms with Gasteiger partial charge in [0.25, 0.3) is 0 Å². The summed E-state index contributed by atoms with van der Waals surface area (Å²) in [4.78, 5) is 0. The van der Waals surface area contributed by atoms with Crippen LogP contribution in [0.5, 0.6) is 0 Å². The van der Waals surface area contributed by atoms with Gasteiger partial charge in [-0.15, -0.1) is 0 Å². The lowest BCUT2D eigenvalue weighted by atomic mass is 9.80. The molecule has 0 heterocycles. The van der Waals surface area contributed by atoms with Crippen LogP contribution in [0, 0.1) is 13.8 Å². The number of benzene rings is 1. The predicted molar refractivity (Wildman–Crippen MR) is 74.4 cm³/mol. The van der Waals surface area contributed by atoms with E-state index in [1.807, 2.05) is 0 Å². The van der Waals surface area contributed by atoms with Crippen molar-refractivity contribution in [3.8, 4) is 0 Å². The summed E-state index contributed by atoms with van der Waals surface area (Å²) in [6.45, 7) is 4.78. The lowest BCUT2D eigenvalue weighted by molar-refractivity contribution is 0.785. The Balaban J connectivity index is 1.90. The van der Waals surface area contributed by atoms with E-state index in [9.17, 15) is 0 Å². The van der Waals surface area contributed by atoms with Gasteiger partial charge in [0, 0.05) is 23.7 Å². The molecule has 0 amide bonds. The van der Waals surface area contributed by atoms with Crippen LogP contribution in [0.3, 0.4) is 0 Å². The van der Waals surface area contributed by atoms with Crippen molar-refractivity contribution < 1.29 is 0 Å². The zero-order chi connectivity index (χ0) is 12.0. The molecule has 0 heteroatoms. The highest BCUT2D eigenvalue weighted by Gasteiger charge is 2.42. The van der Waals surface area contributed by atoms with E-state index >= 15 is 0 Å². The molecule has 4 aliphatic carbocycles. The van der Waals surface area contributed by atoms with Crippen LogP contribution < -0.4 is 0 Å². The predicted octanol–water partition coefficient (Wildman–Crippen LogP) is 4.58. The zero-order valence-corrected chi connectivity index (χ0v) is 11.0. The first-order valence-electron chi connectivity index (χ1n) is 7.29. The summed E-state index contributed by atoms with van der Waals surface area (Å²) in [5, 5.41) is 0. The Bertz CT molecular complexity index is 538. The van der Waals surface area contributed by atoms with Crippen molar-refractivity contribution >= 4 is 0 Å². The second-order valence-corrected chi connectivity index (χ2v) is 6.57. The number of hydrogen-bond donors (Lipinski definition) is 0. The van der Waals surface area contributed by atoms with Gasteiger partial charge in [-0.3, -0.25) is 0 Å². The van der Waals surface area contributed by atoms with Crippen molar-refractivity contribution in [1.29, 1.82) is 0 Å². The molecule has 4 unspecified atom stereocenters. The van der Waals surface area contributed by atoms with Crippen molar-refractivity contribution in [3.63, 3.8) is 0 Å². The highest BCUT2D eigenvalue weighted by Crippen LogP contribution is 2.58. The minimum atomic E-state index is 0.733. The molecule has 5 rings (SSSR count).